The number of fused-ring (bicyclic) bond motifs is 2. The van der Waals surface area contributed by atoms with Crippen molar-refractivity contribution in [3.63, 3.8) is 0 Å². The SMILES string of the molecule is COC(=O)C(C)(C)CC/C=C\C[C@@H]1[C@H]2CC[C@H](C2)[C@H]1N. The number of hydrogen-bond donors (Lipinski definition) is 1. The van der Waals surface area contributed by atoms with E-state index in [1.807, 2.05) is 13.8 Å². The van der Waals surface area contributed by atoms with Crippen LogP contribution in [0.2, 0.25) is 0 Å². The lowest BCUT2D eigenvalue weighted by atomic mass is 9.82. The molecule has 2 N–H and O–H groups in total. The van der Waals surface area contributed by atoms with E-state index in [1.54, 1.807) is 0 Å². The minimum atomic E-state index is -0.387. The summed E-state index contributed by atoms with van der Waals surface area (Å²) in [6.07, 6.45) is 11.4. The Balaban J connectivity index is 1.71. The quantitative estimate of drug-likeness (QED) is 0.599. The fourth-order valence-electron chi connectivity index (χ4n) is 4.00. The lowest BCUT2D eigenvalue weighted by molar-refractivity contribution is -0.151. The van der Waals surface area contributed by atoms with Gasteiger partial charge < -0.3 is 10.5 Å². The van der Waals surface area contributed by atoms with Crippen molar-refractivity contribution in [2.75, 3.05) is 7.11 Å². The lowest BCUT2D eigenvalue weighted by Gasteiger charge is -2.27. The minimum absolute atomic E-state index is 0.124. The summed E-state index contributed by atoms with van der Waals surface area (Å²) in [5.74, 6) is 2.22. The minimum Gasteiger partial charge on any atom is -0.469 e. The number of methoxy groups -OCH3 is 1. The Morgan fingerprint density at radius 3 is 2.60 bits per heavy atom. The third-order valence-electron chi connectivity index (χ3n) is 5.41. The van der Waals surface area contributed by atoms with Crippen molar-refractivity contribution in [2.45, 2.75) is 58.4 Å². The number of rotatable bonds is 6. The van der Waals surface area contributed by atoms with E-state index in [4.69, 9.17) is 10.5 Å². The van der Waals surface area contributed by atoms with Gasteiger partial charge in [0.15, 0.2) is 0 Å². The Kier molecular flexibility index (Phi) is 4.90. The predicted octanol–water partition coefficient (Wildman–Crippen LogP) is 3.29. The number of carbonyl (C=O) groups is 1. The second-order valence-electron chi connectivity index (χ2n) is 7.20. The molecule has 0 unspecified atom stereocenters. The van der Waals surface area contributed by atoms with E-state index in [-0.39, 0.29) is 11.4 Å². The van der Waals surface area contributed by atoms with Gasteiger partial charge in [0.05, 0.1) is 12.5 Å². The molecule has 0 spiro atoms. The molecule has 0 aromatic carbocycles. The van der Waals surface area contributed by atoms with Crippen molar-refractivity contribution >= 4 is 5.97 Å². The fourth-order valence-corrected chi connectivity index (χ4v) is 4.00. The van der Waals surface area contributed by atoms with Crippen LogP contribution >= 0.6 is 0 Å². The monoisotopic (exact) mass is 279 g/mol. The zero-order chi connectivity index (χ0) is 14.8. The van der Waals surface area contributed by atoms with Crippen LogP contribution in [0.5, 0.6) is 0 Å². The average Bonchev–Trinajstić information content (AvgIpc) is 2.99. The van der Waals surface area contributed by atoms with Crippen LogP contribution in [0.25, 0.3) is 0 Å². The van der Waals surface area contributed by atoms with Gasteiger partial charge in [-0.25, -0.2) is 0 Å². The molecule has 3 nitrogen and oxygen atoms in total. The number of hydrogen-bond acceptors (Lipinski definition) is 3. The lowest BCUT2D eigenvalue weighted by Crippen LogP contribution is -2.35. The van der Waals surface area contributed by atoms with Gasteiger partial charge >= 0.3 is 5.97 Å². The molecule has 2 aliphatic rings. The zero-order valence-corrected chi connectivity index (χ0v) is 13.1. The molecule has 2 rings (SSSR count). The largest absolute Gasteiger partial charge is 0.469 e. The molecule has 2 aliphatic carbocycles. The smallest absolute Gasteiger partial charge is 0.311 e. The van der Waals surface area contributed by atoms with Gasteiger partial charge in [-0.2, -0.15) is 0 Å². The average molecular weight is 279 g/mol. The molecule has 0 saturated heterocycles. The summed E-state index contributed by atoms with van der Waals surface area (Å²) in [5, 5.41) is 0. The van der Waals surface area contributed by atoms with E-state index in [1.165, 1.54) is 26.4 Å². The maximum atomic E-state index is 11.6. The zero-order valence-electron chi connectivity index (χ0n) is 13.1. The van der Waals surface area contributed by atoms with Gasteiger partial charge in [0.2, 0.25) is 0 Å². The van der Waals surface area contributed by atoms with Crippen molar-refractivity contribution in [1.82, 2.24) is 0 Å². The first-order chi connectivity index (χ1) is 9.45. The van der Waals surface area contributed by atoms with E-state index >= 15 is 0 Å². The number of esters is 1. The Morgan fingerprint density at radius 1 is 1.30 bits per heavy atom. The molecule has 0 amide bonds. The van der Waals surface area contributed by atoms with E-state index in [0.29, 0.717) is 12.0 Å². The highest BCUT2D eigenvalue weighted by Crippen LogP contribution is 2.48. The van der Waals surface area contributed by atoms with Gasteiger partial charge in [-0.3, -0.25) is 4.79 Å². The summed E-state index contributed by atoms with van der Waals surface area (Å²) in [7, 11) is 1.45. The van der Waals surface area contributed by atoms with E-state index in [9.17, 15) is 4.79 Å². The van der Waals surface area contributed by atoms with Gasteiger partial charge in [0, 0.05) is 6.04 Å². The standard InChI is InChI=1S/C17H29NO2/c1-17(2,16(19)20-3)10-6-4-5-7-14-12-8-9-13(11-12)15(14)18/h4-5,12-15H,6-11,18H2,1-3H3/b5-4-/t12-,13+,14+,15+/m0/s1. The summed E-state index contributed by atoms with van der Waals surface area (Å²) < 4.78 is 4.82. The molecule has 2 bridgehead atoms. The highest BCUT2D eigenvalue weighted by molar-refractivity contribution is 5.75. The first kappa shape index (κ1) is 15.6. The molecule has 0 aromatic heterocycles. The number of carbonyl (C=O) groups excluding carboxylic acids is 1. The summed E-state index contributed by atoms with van der Waals surface area (Å²) >= 11 is 0. The Labute approximate surface area is 122 Å². The van der Waals surface area contributed by atoms with Crippen LogP contribution in [0.15, 0.2) is 12.2 Å². The van der Waals surface area contributed by atoms with Crippen LogP contribution in [0, 0.1) is 23.2 Å². The van der Waals surface area contributed by atoms with Crippen molar-refractivity contribution in [2.24, 2.45) is 28.9 Å². The van der Waals surface area contributed by atoms with Gasteiger partial charge in [-0.05, 0) is 70.1 Å². The van der Waals surface area contributed by atoms with Crippen LogP contribution in [0.3, 0.4) is 0 Å². The van der Waals surface area contributed by atoms with Gasteiger partial charge in [-0.15, -0.1) is 0 Å². The van der Waals surface area contributed by atoms with Crippen LogP contribution in [0.1, 0.15) is 52.4 Å². The normalized spacial score (nSPS) is 33.0. The molecule has 3 heteroatoms. The molecule has 4 atom stereocenters. The third-order valence-corrected chi connectivity index (χ3v) is 5.41. The van der Waals surface area contributed by atoms with E-state index in [2.05, 4.69) is 12.2 Å². The first-order valence-corrected chi connectivity index (χ1v) is 7.94. The maximum Gasteiger partial charge on any atom is 0.311 e. The molecule has 0 aliphatic heterocycles. The van der Waals surface area contributed by atoms with Crippen LogP contribution < -0.4 is 5.73 Å². The van der Waals surface area contributed by atoms with E-state index < -0.39 is 0 Å². The van der Waals surface area contributed by atoms with Crippen molar-refractivity contribution in [1.29, 1.82) is 0 Å². The van der Waals surface area contributed by atoms with Gasteiger partial charge in [-0.1, -0.05) is 12.2 Å². The molecule has 114 valence electrons. The van der Waals surface area contributed by atoms with Crippen molar-refractivity contribution in [3.05, 3.63) is 12.2 Å². The predicted molar refractivity (Wildman–Crippen MR) is 81.1 cm³/mol. The topological polar surface area (TPSA) is 52.3 Å². The Hall–Kier alpha value is -0.830. The number of nitrogens with two attached hydrogens (primary N) is 1. The molecule has 0 radical (unpaired) electrons. The van der Waals surface area contributed by atoms with Crippen LogP contribution in [-0.2, 0) is 9.53 Å². The number of ether oxygens (including phenoxy) is 1. The maximum absolute atomic E-state index is 11.6. The van der Waals surface area contributed by atoms with Crippen molar-refractivity contribution < 1.29 is 9.53 Å². The summed E-state index contributed by atoms with van der Waals surface area (Å²) in [6.45, 7) is 3.89. The fraction of sp³-hybridized carbons (Fsp3) is 0.824. The van der Waals surface area contributed by atoms with Gasteiger partial charge in [0.1, 0.15) is 0 Å². The molecule has 2 fully saturated rings. The second-order valence-corrected chi connectivity index (χ2v) is 7.20. The summed E-state index contributed by atoms with van der Waals surface area (Å²) in [4.78, 5) is 11.6. The molecule has 20 heavy (non-hydrogen) atoms. The molecule has 0 aromatic rings. The Bertz CT molecular complexity index is 373. The van der Waals surface area contributed by atoms with E-state index in [0.717, 1.165) is 31.1 Å². The second kappa shape index (κ2) is 6.30. The molecule has 0 heterocycles. The van der Waals surface area contributed by atoms with Gasteiger partial charge in [0.25, 0.3) is 0 Å². The van der Waals surface area contributed by atoms with Crippen LogP contribution in [-0.4, -0.2) is 19.1 Å². The number of allylic oxidation sites excluding steroid dienone is 2. The first-order valence-electron chi connectivity index (χ1n) is 7.94. The summed E-state index contributed by atoms with van der Waals surface area (Å²) in [5.41, 5.74) is 5.92. The van der Waals surface area contributed by atoms with Crippen molar-refractivity contribution in [3.8, 4) is 0 Å². The molecular weight excluding hydrogens is 250 g/mol. The molecular formula is C17H29NO2. The highest BCUT2D eigenvalue weighted by Gasteiger charge is 2.44. The van der Waals surface area contributed by atoms with Crippen LogP contribution in [0.4, 0.5) is 0 Å². The summed E-state index contributed by atoms with van der Waals surface area (Å²) in [6, 6.07) is 0.421. The third kappa shape index (κ3) is 3.25. The molecule has 2 saturated carbocycles. The highest BCUT2D eigenvalue weighted by atomic mass is 16.5. The Morgan fingerprint density at radius 2 is 2.00 bits per heavy atom.